The van der Waals surface area contributed by atoms with Gasteiger partial charge in [0.05, 0.1) is 0 Å². The van der Waals surface area contributed by atoms with Crippen molar-refractivity contribution in [1.29, 1.82) is 0 Å². The molecule has 0 aliphatic rings. The van der Waals surface area contributed by atoms with Gasteiger partial charge >= 0.3 is 0 Å². The van der Waals surface area contributed by atoms with Crippen molar-refractivity contribution in [1.82, 2.24) is 0 Å². The highest BCUT2D eigenvalue weighted by Crippen LogP contribution is 2.26. The number of benzene rings is 2. The van der Waals surface area contributed by atoms with Crippen molar-refractivity contribution in [3.05, 3.63) is 58.3 Å². The first-order valence-electron chi connectivity index (χ1n) is 5.45. The van der Waals surface area contributed by atoms with Gasteiger partial charge in [-0.2, -0.15) is 0 Å². The average Bonchev–Trinajstić information content (AvgIpc) is 2.32. The zero-order chi connectivity index (χ0) is 12.3. The zero-order valence-corrected chi connectivity index (χ0v) is 10.9. The topological polar surface area (TPSA) is 26.0 Å². The maximum atomic E-state index is 13.8. The lowest BCUT2D eigenvalue weighted by Crippen LogP contribution is -2.03. The summed E-state index contributed by atoms with van der Waals surface area (Å²) in [6.45, 7) is 0.573. The van der Waals surface area contributed by atoms with E-state index >= 15 is 0 Å². The normalized spacial score (nSPS) is 10.5. The van der Waals surface area contributed by atoms with Gasteiger partial charge in [0.1, 0.15) is 5.82 Å². The first-order valence-corrected chi connectivity index (χ1v) is 6.24. The van der Waals surface area contributed by atoms with E-state index < -0.39 is 0 Å². The smallest absolute Gasteiger partial charge is 0.131 e. The highest BCUT2D eigenvalue weighted by molar-refractivity contribution is 9.10. The van der Waals surface area contributed by atoms with Crippen molar-refractivity contribution in [3.63, 3.8) is 0 Å². The second-order valence-electron chi connectivity index (χ2n) is 3.86. The van der Waals surface area contributed by atoms with Crippen LogP contribution in [0.5, 0.6) is 0 Å². The summed E-state index contributed by atoms with van der Waals surface area (Å²) >= 11 is 3.39. The lowest BCUT2D eigenvalue weighted by Gasteiger charge is -2.07. The van der Waals surface area contributed by atoms with Crippen LogP contribution in [-0.4, -0.2) is 6.54 Å². The third kappa shape index (κ3) is 2.93. The first kappa shape index (κ1) is 12.3. The van der Waals surface area contributed by atoms with Crippen molar-refractivity contribution in [2.75, 3.05) is 6.54 Å². The van der Waals surface area contributed by atoms with Gasteiger partial charge in [-0.15, -0.1) is 0 Å². The van der Waals surface area contributed by atoms with E-state index in [1.807, 2.05) is 30.3 Å². The summed E-state index contributed by atoms with van der Waals surface area (Å²) in [7, 11) is 0. The van der Waals surface area contributed by atoms with E-state index in [0.717, 1.165) is 22.0 Å². The minimum atomic E-state index is -0.205. The molecule has 0 aliphatic heterocycles. The van der Waals surface area contributed by atoms with Crippen LogP contribution in [0.25, 0.3) is 11.1 Å². The van der Waals surface area contributed by atoms with E-state index in [9.17, 15) is 4.39 Å². The molecule has 17 heavy (non-hydrogen) atoms. The third-order valence-corrected chi connectivity index (χ3v) is 3.09. The molecule has 0 amide bonds. The minimum absolute atomic E-state index is 0.205. The molecule has 0 fully saturated rings. The fraction of sp³-hybridized carbons (Fsp3) is 0.143. The lowest BCUT2D eigenvalue weighted by atomic mass is 10.0. The zero-order valence-electron chi connectivity index (χ0n) is 9.29. The molecule has 0 bridgehead atoms. The summed E-state index contributed by atoms with van der Waals surface area (Å²) in [6.07, 6.45) is 0.765. The van der Waals surface area contributed by atoms with Crippen LogP contribution in [0.2, 0.25) is 0 Å². The summed E-state index contributed by atoms with van der Waals surface area (Å²) in [5, 5.41) is 0. The monoisotopic (exact) mass is 293 g/mol. The van der Waals surface area contributed by atoms with Crippen LogP contribution in [0.3, 0.4) is 0 Å². The van der Waals surface area contributed by atoms with Gasteiger partial charge < -0.3 is 5.73 Å². The molecule has 2 rings (SSSR count). The summed E-state index contributed by atoms with van der Waals surface area (Å²) in [5.74, 6) is -0.205. The van der Waals surface area contributed by atoms with Gasteiger partial charge in [-0.25, -0.2) is 4.39 Å². The molecule has 1 nitrogen and oxygen atoms in total. The first-order chi connectivity index (χ1) is 8.20. The van der Waals surface area contributed by atoms with E-state index in [1.54, 1.807) is 6.07 Å². The maximum absolute atomic E-state index is 13.8. The molecule has 2 N–H and O–H groups in total. The summed E-state index contributed by atoms with van der Waals surface area (Å²) in [5.41, 5.74) is 8.06. The fourth-order valence-electron chi connectivity index (χ4n) is 1.77. The summed E-state index contributed by atoms with van der Waals surface area (Å²) < 4.78 is 14.7. The Morgan fingerprint density at radius 2 is 1.94 bits per heavy atom. The van der Waals surface area contributed by atoms with E-state index in [1.165, 1.54) is 6.07 Å². The van der Waals surface area contributed by atoms with Crippen LogP contribution in [0.15, 0.2) is 46.9 Å². The number of rotatable bonds is 3. The maximum Gasteiger partial charge on any atom is 0.131 e. The Bertz CT molecular complexity index is 525. The molecule has 2 aromatic carbocycles. The molecule has 0 saturated heterocycles. The molecule has 0 aliphatic carbocycles. The van der Waals surface area contributed by atoms with Crippen LogP contribution in [0.4, 0.5) is 4.39 Å². The molecule has 0 radical (unpaired) electrons. The summed E-state index contributed by atoms with van der Waals surface area (Å²) in [4.78, 5) is 0. The standard InChI is InChI=1S/C14H13BrFN/c15-12-3-1-2-11(9-12)13-8-10(6-7-17)4-5-14(13)16/h1-5,8-9H,6-7,17H2. The molecule has 0 atom stereocenters. The van der Waals surface area contributed by atoms with E-state index in [0.29, 0.717) is 12.1 Å². The van der Waals surface area contributed by atoms with Crippen molar-refractivity contribution < 1.29 is 4.39 Å². The largest absolute Gasteiger partial charge is 0.330 e. The second kappa shape index (κ2) is 5.43. The number of nitrogens with two attached hydrogens (primary N) is 1. The number of hydrogen-bond donors (Lipinski definition) is 1. The highest BCUT2D eigenvalue weighted by Gasteiger charge is 2.06. The predicted molar refractivity (Wildman–Crippen MR) is 72.3 cm³/mol. The van der Waals surface area contributed by atoms with Crippen LogP contribution in [0.1, 0.15) is 5.56 Å². The van der Waals surface area contributed by atoms with Gasteiger partial charge in [0.25, 0.3) is 0 Å². The quantitative estimate of drug-likeness (QED) is 0.916. The predicted octanol–water partition coefficient (Wildman–Crippen LogP) is 3.76. The minimum Gasteiger partial charge on any atom is -0.330 e. The lowest BCUT2D eigenvalue weighted by molar-refractivity contribution is 0.630. The van der Waals surface area contributed by atoms with Gasteiger partial charge in [-0.1, -0.05) is 34.1 Å². The molecule has 88 valence electrons. The Hall–Kier alpha value is -1.19. The molecule has 0 heterocycles. The average molecular weight is 294 g/mol. The molecule has 3 heteroatoms. The molecular weight excluding hydrogens is 281 g/mol. The molecule has 0 spiro atoms. The number of hydrogen-bond acceptors (Lipinski definition) is 1. The van der Waals surface area contributed by atoms with Gasteiger partial charge in [0.2, 0.25) is 0 Å². The Balaban J connectivity index is 2.46. The molecule has 0 saturated carbocycles. The van der Waals surface area contributed by atoms with Crippen LogP contribution in [-0.2, 0) is 6.42 Å². The SMILES string of the molecule is NCCc1ccc(F)c(-c2cccc(Br)c2)c1. The van der Waals surface area contributed by atoms with Gasteiger partial charge in [0, 0.05) is 10.0 Å². The van der Waals surface area contributed by atoms with Gasteiger partial charge in [0.15, 0.2) is 0 Å². The highest BCUT2D eigenvalue weighted by atomic mass is 79.9. The molecule has 0 aromatic heterocycles. The van der Waals surface area contributed by atoms with Crippen molar-refractivity contribution in [2.45, 2.75) is 6.42 Å². The van der Waals surface area contributed by atoms with Gasteiger partial charge in [-0.3, -0.25) is 0 Å². The fourth-order valence-corrected chi connectivity index (χ4v) is 2.17. The van der Waals surface area contributed by atoms with Crippen molar-refractivity contribution in [3.8, 4) is 11.1 Å². The number of halogens is 2. The second-order valence-corrected chi connectivity index (χ2v) is 4.78. The molecule has 2 aromatic rings. The Morgan fingerprint density at radius 3 is 2.65 bits per heavy atom. The van der Waals surface area contributed by atoms with Gasteiger partial charge in [-0.05, 0) is 48.4 Å². The third-order valence-electron chi connectivity index (χ3n) is 2.60. The van der Waals surface area contributed by atoms with Crippen molar-refractivity contribution in [2.24, 2.45) is 5.73 Å². The Kier molecular flexibility index (Phi) is 3.92. The Morgan fingerprint density at radius 1 is 1.12 bits per heavy atom. The van der Waals surface area contributed by atoms with E-state index in [4.69, 9.17) is 5.73 Å². The van der Waals surface area contributed by atoms with Crippen LogP contribution in [0, 0.1) is 5.82 Å². The van der Waals surface area contributed by atoms with Crippen molar-refractivity contribution >= 4 is 15.9 Å². The van der Waals surface area contributed by atoms with E-state index in [-0.39, 0.29) is 5.82 Å². The summed E-state index contributed by atoms with van der Waals surface area (Å²) in [6, 6.07) is 12.8. The molecular formula is C14H13BrFN. The Labute approximate surface area is 109 Å². The van der Waals surface area contributed by atoms with Crippen LogP contribution < -0.4 is 5.73 Å². The molecule has 0 unspecified atom stereocenters. The van der Waals surface area contributed by atoms with Crippen LogP contribution >= 0.6 is 15.9 Å². The van der Waals surface area contributed by atoms with E-state index in [2.05, 4.69) is 15.9 Å².